The number of rotatable bonds is 9. The zero-order chi connectivity index (χ0) is 20.0. The van der Waals surface area contributed by atoms with Gasteiger partial charge in [0.15, 0.2) is 0 Å². The summed E-state index contributed by atoms with van der Waals surface area (Å²) < 4.78 is 33.5. The first-order valence-corrected chi connectivity index (χ1v) is 11.2. The lowest BCUT2D eigenvalue weighted by Gasteiger charge is -2.22. The molecule has 0 aliphatic heterocycles. The van der Waals surface area contributed by atoms with Gasteiger partial charge in [-0.15, -0.1) is 11.3 Å². The summed E-state index contributed by atoms with van der Waals surface area (Å²) in [6.07, 6.45) is 1.91. The molecular formula is C20H21NO5S2. The summed E-state index contributed by atoms with van der Waals surface area (Å²) in [5.41, 5.74) is 0.868. The first-order valence-electron chi connectivity index (χ1n) is 8.79. The maximum Gasteiger partial charge on any atom is 0.308 e. The Morgan fingerprint density at radius 2 is 1.89 bits per heavy atom. The average molecular weight is 420 g/mol. The molecule has 0 fully saturated rings. The second-order valence-corrected chi connectivity index (χ2v) is 9.05. The van der Waals surface area contributed by atoms with Crippen molar-refractivity contribution in [3.05, 3.63) is 76.4 Å². The lowest BCUT2D eigenvalue weighted by atomic mass is 10.2. The van der Waals surface area contributed by atoms with Crippen LogP contribution >= 0.6 is 11.3 Å². The van der Waals surface area contributed by atoms with Crippen molar-refractivity contribution >= 4 is 27.4 Å². The van der Waals surface area contributed by atoms with Gasteiger partial charge < -0.3 is 13.5 Å². The quantitative estimate of drug-likeness (QED) is 0.493. The fourth-order valence-electron chi connectivity index (χ4n) is 2.57. The van der Waals surface area contributed by atoms with E-state index < -0.39 is 10.1 Å². The van der Waals surface area contributed by atoms with Crippen molar-refractivity contribution in [3.63, 3.8) is 0 Å². The van der Waals surface area contributed by atoms with Crippen LogP contribution in [-0.2, 0) is 34.4 Å². The minimum atomic E-state index is -3.56. The van der Waals surface area contributed by atoms with Crippen molar-refractivity contribution in [3.8, 4) is 5.75 Å². The molecular weight excluding hydrogens is 398 g/mol. The summed E-state index contributed by atoms with van der Waals surface area (Å²) in [5.74, 6) is 0.859. The molecule has 6 nitrogen and oxygen atoms in total. The molecule has 148 valence electrons. The first-order chi connectivity index (χ1) is 13.4. The van der Waals surface area contributed by atoms with Gasteiger partial charge in [-0.1, -0.05) is 18.2 Å². The van der Waals surface area contributed by atoms with Crippen molar-refractivity contribution in [2.75, 3.05) is 5.75 Å². The molecule has 0 N–H and O–H groups in total. The van der Waals surface area contributed by atoms with E-state index in [1.807, 2.05) is 23.6 Å². The van der Waals surface area contributed by atoms with E-state index in [1.54, 1.807) is 52.8 Å². The molecule has 0 unspecified atom stereocenters. The third kappa shape index (κ3) is 5.71. The SMILES string of the molecule is CCS(=O)(=O)Oc1ccc(CN(Cc2ccco2)C(=O)Cc2cccs2)cc1. The van der Waals surface area contributed by atoms with Crippen LogP contribution in [0.4, 0.5) is 0 Å². The zero-order valence-electron chi connectivity index (χ0n) is 15.4. The molecule has 3 aromatic rings. The second kappa shape index (κ2) is 9.07. The zero-order valence-corrected chi connectivity index (χ0v) is 17.0. The third-order valence-corrected chi connectivity index (χ3v) is 6.09. The van der Waals surface area contributed by atoms with Crippen molar-refractivity contribution in [2.45, 2.75) is 26.4 Å². The van der Waals surface area contributed by atoms with Gasteiger partial charge in [0.05, 0.1) is 25.0 Å². The molecule has 0 saturated heterocycles. The molecule has 8 heteroatoms. The number of furan rings is 1. The maximum atomic E-state index is 12.8. The Balaban J connectivity index is 1.72. The highest BCUT2D eigenvalue weighted by Crippen LogP contribution is 2.19. The monoisotopic (exact) mass is 419 g/mol. The molecule has 0 aliphatic rings. The van der Waals surface area contributed by atoms with E-state index >= 15 is 0 Å². The predicted molar refractivity (Wildman–Crippen MR) is 108 cm³/mol. The summed E-state index contributed by atoms with van der Waals surface area (Å²) in [7, 11) is -3.56. The Labute approximate surface area is 168 Å². The van der Waals surface area contributed by atoms with E-state index in [1.165, 1.54) is 6.92 Å². The van der Waals surface area contributed by atoms with Gasteiger partial charge in [-0.05, 0) is 48.2 Å². The summed E-state index contributed by atoms with van der Waals surface area (Å²) >= 11 is 1.55. The van der Waals surface area contributed by atoms with Gasteiger partial charge in [-0.2, -0.15) is 8.42 Å². The van der Waals surface area contributed by atoms with Gasteiger partial charge in [-0.25, -0.2) is 0 Å². The Kier molecular flexibility index (Phi) is 6.53. The highest BCUT2D eigenvalue weighted by Gasteiger charge is 2.17. The lowest BCUT2D eigenvalue weighted by molar-refractivity contribution is -0.131. The van der Waals surface area contributed by atoms with E-state index in [2.05, 4.69) is 0 Å². The topological polar surface area (TPSA) is 76.8 Å². The molecule has 1 aromatic carbocycles. The highest BCUT2D eigenvalue weighted by molar-refractivity contribution is 7.87. The molecule has 2 aromatic heterocycles. The fraction of sp³-hybridized carbons (Fsp3) is 0.250. The van der Waals surface area contributed by atoms with Crippen molar-refractivity contribution in [1.29, 1.82) is 0 Å². The third-order valence-electron chi connectivity index (χ3n) is 4.06. The Morgan fingerprint density at radius 3 is 2.50 bits per heavy atom. The molecule has 0 atom stereocenters. The number of carbonyl (C=O) groups is 1. The van der Waals surface area contributed by atoms with Crippen molar-refractivity contribution in [2.24, 2.45) is 0 Å². The van der Waals surface area contributed by atoms with E-state index in [4.69, 9.17) is 8.60 Å². The van der Waals surface area contributed by atoms with Gasteiger partial charge in [0, 0.05) is 11.4 Å². The molecule has 0 spiro atoms. The van der Waals surface area contributed by atoms with Gasteiger partial charge in [-0.3, -0.25) is 4.79 Å². The Morgan fingerprint density at radius 1 is 1.11 bits per heavy atom. The van der Waals surface area contributed by atoms with Crippen LogP contribution in [0.5, 0.6) is 5.75 Å². The highest BCUT2D eigenvalue weighted by atomic mass is 32.2. The number of amides is 1. The number of hydrogen-bond acceptors (Lipinski definition) is 6. The lowest BCUT2D eigenvalue weighted by Crippen LogP contribution is -2.31. The van der Waals surface area contributed by atoms with Crippen LogP contribution in [0.25, 0.3) is 0 Å². The molecule has 0 radical (unpaired) electrons. The average Bonchev–Trinajstić information content (AvgIpc) is 3.36. The van der Waals surface area contributed by atoms with Gasteiger partial charge in [0.2, 0.25) is 5.91 Å². The second-order valence-electron chi connectivity index (χ2n) is 6.16. The normalized spacial score (nSPS) is 11.3. The van der Waals surface area contributed by atoms with E-state index in [0.29, 0.717) is 25.3 Å². The largest absolute Gasteiger partial charge is 0.467 e. The number of nitrogens with zero attached hydrogens (tertiary/aromatic N) is 1. The molecule has 0 bridgehead atoms. The number of benzene rings is 1. The maximum absolute atomic E-state index is 12.8. The van der Waals surface area contributed by atoms with E-state index in [9.17, 15) is 13.2 Å². The number of carbonyl (C=O) groups excluding carboxylic acids is 1. The Bertz CT molecular complexity index is 978. The molecule has 2 heterocycles. The summed E-state index contributed by atoms with van der Waals surface area (Å²) in [5, 5.41) is 1.95. The minimum Gasteiger partial charge on any atom is -0.467 e. The molecule has 3 rings (SSSR count). The number of thiophene rings is 1. The van der Waals surface area contributed by atoms with Crippen LogP contribution in [0.15, 0.2) is 64.6 Å². The molecule has 1 amide bonds. The van der Waals surface area contributed by atoms with Crippen LogP contribution in [0.1, 0.15) is 23.1 Å². The van der Waals surface area contributed by atoms with Gasteiger partial charge in [0.25, 0.3) is 0 Å². The Hall–Kier alpha value is -2.58. The minimum absolute atomic E-state index is 0.00672. The van der Waals surface area contributed by atoms with Crippen LogP contribution < -0.4 is 4.18 Å². The van der Waals surface area contributed by atoms with E-state index in [0.717, 1.165) is 10.4 Å². The smallest absolute Gasteiger partial charge is 0.308 e. The first kappa shape index (κ1) is 20.2. The molecule has 0 aliphatic carbocycles. The van der Waals surface area contributed by atoms with E-state index in [-0.39, 0.29) is 17.4 Å². The summed E-state index contributed by atoms with van der Waals surface area (Å²) in [6, 6.07) is 14.2. The van der Waals surface area contributed by atoms with Crippen LogP contribution in [-0.4, -0.2) is 25.0 Å². The molecule has 0 saturated carbocycles. The van der Waals surface area contributed by atoms with Crippen molar-refractivity contribution < 1.29 is 21.8 Å². The van der Waals surface area contributed by atoms with Crippen LogP contribution in [0.3, 0.4) is 0 Å². The summed E-state index contributed by atoms with van der Waals surface area (Å²) in [4.78, 5) is 15.5. The molecule has 28 heavy (non-hydrogen) atoms. The predicted octanol–water partition coefficient (Wildman–Crippen LogP) is 3.84. The fourth-order valence-corrected chi connectivity index (χ4v) is 3.79. The van der Waals surface area contributed by atoms with Crippen LogP contribution in [0.2, 0.25) is 0 Å². The van der Waals surface area contributed by atoms with Gasteiger partial charge >= 0.3 is 10.1 Å². The standard InChI is InChI=1S/C20H21NO5S2/c1-2-28(23,24)26-17-9-7-16(8-10-17)14-21(15-18-5-3-11-25-18)20(22)13-19-6-4-12-27-19/h3-12H,2,13-15H2,1H3. The van der Waals surface area contributed by atoms with Crippen LogP contribution in [0, 0.1) is 0 Å². The summed E-state index contributed by atoms with van der Waals surface area (Å²) in [6.45, 7) is 2.26. The number of hydrogen-bond donors (Lipinski definition) is 0. The van der Waals surface area contributed by atoms with Crippen molar-refractivity contribution in [1.82, 2.24) is 4.90 Å². The van der Waals surface area contributed by atoms with Gasteiger partial charge in [0.1, 0.15) is 11.5 Å².